The van der Waals surface area contributed by atoms with Gasteiger partial charge in [0.25, 0.3) is 11.8 Å². The maximum Gasteiger partial charge on any atom is 0.271 e. The maximum absolute atomic E-state index is 13.0. The highest BCUT2D eigenvalue weighted by molar-refractivity contribution is 5.95. The minimum atomic E-state index is -0.455. The first-order valence-corrected chi connectivity index (χ1v) is 10.7. The monoisotopic (exact) mass is 460 g/mol. The van der Waals surface area contributed by atoms with Crippen LogP contribution in [0.5, 0.6) is 17.4 Å². The molecule has 1 fully saturated rings. The van der Waals surface area contributed by atoms with Crippen molar-refractivity contribution >= 4 is 23.3 Å². The quantitative estimate of drug-likeness (QED) is 0.316. The lowest BCUT2D eigenvalue weighted by molar-refractivity contribution is 0.0955. The van der Waals surface area contributed by atoms with Crippen LogP contribution in [0.15, 0.2) is 60.2 Å². The first-order chi connectivity index (χ1) is 16.6. The van der Waals surface area contributed by atoms with Gasteiger partial charge in [0.2, 0.25) is 0 Å². The zero-order valence-corrected chi connectivity index (χ0v) is 18.3. The fraction of sp³-hybridized carbons (Fsp3) is 0.208. The zero-order chi connectivity index (χ0) is 23.5. The molecule has 0 aliphatic heterocycles. The van der Waals surface area contributed by atoms with Gasteiger partial charge in [0.1, 0.15) is 23.6 Å². The third-order valence-corrected chi connectivity index (χ3v) is 5.42. The third kappa shape index (κ3) is 4.70. The molecule has 4 aromatic rings. The molecule has 34 heavy (non-hydrogen) atoms. The van der Waals surface area contributed by atoms with Crippen LogP contribution in [-0.4, -0.2) is 38.8 Å². The van der Waals surface area contributed by atoms with Crippen molar-refractivity contribution in [3.05, 3.63) is 72.1 Å². The van der Waals surface area contributed by atoms with E-state index in [2.05, 4.69) is 25.5 Å². The standard InChI is InChI=1S/C24H21FN6O3/c1-33-20-10-19(9-6-17(20)11-29-30-23(32)16-4-7-18(25)8-5-16)34-24-21-22(26-13-27-24)31(14-28-21)12-15-2-3-15/h4-11,13-15H,2-3,12H2,1H3,(H,30,32)/b29-11+. The van der Waals surface area contributed by atoms with Crippen LogP contribution in [-0.2, 0) is 6.54 Å². The Morgan fingerprint density at radius 1 is 1.21 bits per heavy atom. The largest absolute Gasteiger partial charge is 0.496 e. The highest BCUT2D eigenvalue weighted by Gasteiger charge is 2.23. The number of rotatable bonds is 8. The SMILES string of the molecule is COc1cc(Oc2ncnc3c2ncn3CC2CC2)ccc1/C=N/NC(=O)c1ccc(F)cc1. The van der Waals surface area contributed by atoms with E-state index in [1.807, 2.05) is 4.57 Å². The second kappa shape index (κ2) is 9.26. The number of fused-ring (bicyclic) bond motifs is 1. The smallest absolute Gasteiger partial charge is 0.271 e. The summed E-state index contributed by atoms with van der Waals surface area (Å²) >= 11 is 0. The van der Waals surface area contributed by atoms with Crippen molar-refractivity contribution < 1.29 is 18.7 Å². The van der Waals surface area contributed by atoms with E-state index in [0.717, 1.165) is 12.2 Å². The van der Waals surface area contributed by atoms with Crippen LogP contribution < -0.4 is 14.9 Å². The van der Waals surface area contributed by atoms with Gasteiger partial charge in [-0.25, -0.2) is 19.8 Å². The molecule has 1 aliphatic carbocycles. The third-order valence-electron chi connectivity index (χ3n) is 5.42. The van der Waals surface area contributed by atoms with Crippen molar-refractivity contribution in [2.24, 2.45) is 11.0 Å². The second-order valence-electron chi connectivity index (χ2n) is 7.90. The van der Waals surface area contributed by atoms with Crippen molar-refractivity contribution in [3.8, 4) is 17.4 Å². The highest BCUT2D eigenvalue weighted by Crippen LogP contribution is 2.33. The predicted octanol–water partition coefficient (Wildman–Crippen LogP) is 3.94. The summed E-state index contributed by atoms with van der Waals surface area (Å²) in [7, 11) is 1.52. The van der Waals surface area contributed by atoms with Crippen LogP contribution >= 0.6 is 0 Å². The summed E-state index contributed by atoms with van der Waals surface area (Å²) in [6.45, 7) is 0.895. The Bertz CT molecular complexity index is 1370. The number of ether oxygens (including phenoxy) is 2. The molecule has 10 heteroatoms. The number of nitrogens with one attached hydrogen (secondary N) is 1. The Labute approximate surface area is 194 Å². The number of carbonyl (C=O) groups is 1. The number of amides is 1. The number of imidazole rings is 1. The molecular formula is C24H21FN6O3. The maximum atomic E-state index is 13.0. The molecule has 1 amide bonds. The summed E-state index contributed by atoms with van der Waals surface area (Å²) in [6, 6.07) is 10.4. The summed E-state index contributed by atoms with van der Waals surface area (Å²) in [5.41, 5.74) is 4.66. The van der Waals surface area contributed by atoms with E-state index in [0.29, 0.717) is 39.9 Å². The normalized spacial score (nSPS) is 13.4. The number of halogens is 1. The van der Waals surface area contributed by atoms with Gasteiger partial charge >= 0.3 is 0 Å². The molecule has 9 nitrogen and oxygen atoms in total. The van der Waals surface area contributed by atoms with Crippen molar-refractivity contribution in [1.82, 2.24) is 24.9 Å². The molecule has 2 aromatic carbocycles. The summed E-state index contributed by atoms with van der Waals surface area (Å²) in [4.78, 5) is 25.2. The number of nitrogens with zero attached hydrogens (tertiary/aromatic N) is 5. The first-order valence-electron chi connectivity index (χ1n) is 10.7. The van der Waals surface area contributed by atoms with Crippen molar-refractivity contribution in [1.29, 1.82) is 0 Å². The van der Waals surface area contributed by atoms with E-state index in [9.17, 15) is 9.18 Å². The van der Waals surface area contributed by atoms with E-state index in [-0.39, 0.29) is 0 Å². The number of methoxy groups -OCH3 is 1. The van der Waals surface area contributed by atoms with E-state index < -0.39 is 11.7 Å². The van der Waals surface area contributed by atoms with Gasteiger partial charge in [0.05, 0.1) is 19.7 Å². The van der Waals surface area contributed by atoms with E-state index in [1.54, 1.807) is 24.5 Å². The van der Waals surface area contributed by atoms with Gasteiger partial charge in [0, 0.05) is 23.7 Å². The Balaban J connectivity index is 1.30. The minimum Gasteiger partial charge on any atom is -0.496 e. The van der Waals surface area contributed by atoms with E-state index in [1.165, 1.54) is 56.8 Å². The molecule has 172 valence electrons. The highest BCUT2D eigenvalue weighted by atomic mass is 19.1. The molecule has 0 bridgehead atoms. The molecule has 0 saturated heterocycles. The van der Waals surface area contributed by atoms with Crippen LogP contribution in [0.1, 0.15) is 28.8 Å². The molecule has 2 aromatic heterocycles. The van der Waals surface area contributed by atoms with E-state index in [4.69, 9.17) is 9.47 Å². The van der Waals surface area contributed by atoms with Gasteiger partial charge < -0.3 is 14.0 Å². The predicted molar refractivity (Wildman–Crippen MR) is 123 cm³/mol. The second-order valence-corrected chi connectivity index (χ2v) is 7.90. The summed E-state index contributed by atoms with van der Waals surface area (Å²) in [5.74, 6) is 1.17. The molecule has 0 unspecified atom stereocenters. The number of carbonyl (C=O) groups excluding carboxylic acids is 1. The van der Waals surface area contributed by atoms with Gasteiger partial charge in [0.15, 0.2) is 11.2 Å². The molecular weight excluding hydrogens is 439 g/mol. The minimum absolute atomic E-state index is 0.296. The van der Waals surface area contributed by atoms with Gasteiger partial charge in [-0.15, -0.1) is 0 Å². The fourth-order valence-electron chi connectivity index (χ4n) is 3.45. The lowest BCUT2D eigenvalue weighted by Gasteiger charge is -2.09. The van der Waals surface area contributed by atoms with Gasteiger partial charge in [-0.2, -0.15) is 10.1 Å². The van der Waals surface area contributed by atoms with Crippen LogP contribution in [0.2, 0.25) is 0 Å². The molecule has 1 N–H and O–H groups in total. The van der Waals surface area contributed by atoms with E-state index >= 15 is 0 Å². The van der Waals surface area contributed by atoms with Crippen molar-refractivity contribution in [3.63, 3.8) is 0 Å². The molecule has 2 heterocycles. The summed E-state index contributed by atoms with van der Waals surface area (Å²) in [5, 5.41) is 3.96. The number of hydrogen-bond acceptors (Lipinski definition) is 7. The average Bonchev–Trinajstić information content (AvgIpc) is 3.58. The van der Waals surface area contributed by atoms with Crippen LogP contribution in [0.3, 0.4) is 0 Å². The number of hydrogen-bond donors (Lipinski definition) is 1. The Kier molecular flexibility index (Phi) is 5.86. The van der Waals surface area contributed by atoms with Crippen LogP contribution in [0.4, 0.5) is 4.39 Å². The number of benzene rings is 2. The van der Waals surface area contributed by atoms with Gasteiger partial charge in [-0.1, -0.05) is 0 Å². The molecule has 5 rings (SSSR count). The number of hydrazone groups is 1. The molecule has 0 atom stereocenters. The zero-order valence-electron chi connectivity index (χ0n) is 18.3. The fourth-order valence-corrected chi connectivity index (χ4v) is 3.45. The van der Waals surface area contributed by atoms with Crippen molar-refractivity contribution in [2.75, 3.05) is 7.11 Å². The molecule has 1 saturated carbocycles. The van der Waals surface area contributed by atoms with Crippen LogP contribution in [0, 0.1) is 11.7 Å². The Morgan fingerprint density at radius 3 is 2.79 bits per heavy atom. The number of aromatic nitrogens is 4. The van der Waals surface area contributed by atoms with Crippen LogP contribution in [0.25, 0.3) is 11.2 Å². The lowest BCUT2D eigenvalue weighted by Crippen LogP contribution is -2.17. The van der Waals surface area contributed by atoms with Gasteiger partial charge in [-0.05, 0) is 55.2 Å². The summed E-state index contributed by atoms with van der Waals surface area (Å²) in [6.07, 6.45) is 7.15. The molecule has 1 aliphatic rings. The lowest BCUT2D eigenvalue weighted by atomic mass is 10.2. The summed E-state index contributed by atoms with van der Waals surface area (Å²) < 4.78 is 26.5. The molecule has 0 spiro atoms. The topological polar surface area (TPSA) is 104 Å². The Morgan fingerprint density at radius 2 is 2.03 bits per heavy atom. The van der Waals surface area contributed by atoms with Crippen molar-refractivity contribution in [2.45, 2.75) is 19.4 Å². The Hall–Kier alpha value is -4.34. The molecule has 0 radical (unpaired) electrons. The first kappa shape index (κ1) is 21.5. The average molecular weight is 460 g/mol. The van der Waals surface area contributed by atoms with Gasteiger partial charge in [-0.3, -0.25) is 4.79 Å².